The van der Waals surface area contributed by atoms with E-state index in [1.807, 2.05) is 6.07 Å². The van der Waals surface area contributed by atoms with Crippen LogP contribution in [-0.4, -0.2) is 23.9 Å². The maximum absolute atomic E-state index is 11.9. The van der Waals surface area contributed by atoms with Gasteiger partial charge in [0.15, 0.2) is 0 Å². The Kier molecular flexibility index (Phi) is 5.68. The van der Waals surface area contributed by atoms with Crippen LogP contribution in [0.1, 0.15) is 24.2 Å². The molecular formula is C18H17NO5. The molecule has 0 heterocycles. The van der Waals surface area contributed by atoms with Crippen molar-refractivity contribution in [2.24, 2.45) is 0 Å². The third-order valence-electron chi connectivity index (χ3n) is 3.04. The van der Waals surface area contributed by atoms with Crippen LogP contribution in [0.25, 0.3) is 0 Å². The predicted octanol–water partition coefficient (Wildman–Crippen LogP) is 2.34. The Labute approximate surface area is 139 Å². The Morgan fingerprint density at radius 2 is 1.42 bits per heavy atom. The van der Waals surface area contributed by atoms with Crippen molar-refractivity contribution in [3.05, 3.63) is 60.2 Å². The average Bonchev–Trinajstić information content (AvgIpc) is 2.56. The fourth-order valence-electron chi connectivity index (χ4n) is 1.88. The van der Waals surface area contributed by atoms with Gasteiger partial charge in [-0.05, 0) is 43.3 Å². The summed E-state index contributed by atoms with van der Waals surface area (Å²) in [5.41, 5.74) is 0.442. The average molecular weight is 327 g/mol. The highest BCUT2D eigenvalue weighted by Gasteiger charge is 2.16. The molecule has 0 saturated carbocycles. The highest BCUT2D eigenvalue weighted by molar-refractivity contribution is 5.91. The summed E-state index contributed by atoms with van der Waals surface area (Å²) in [6, 6.07) is 13.9. The van der Waals surface area contributed by atoms with Gasteiger partial charge in [-0.25, -0.2) is 9.59 Å². The lowest BCUT2D eigenvalue weighted by Gasteiger charge is -2.12. The van der Waals surface area contributed by atoms with Gasteiger partial charge in [0.05, 0.1) is 5.56 Å². The van der Waals surface area contributed by atoms with Crippen LogP contribution in [0.2, 0.25) is 0 Å². The molecule has 6 heteroatoms. The molecule has 0 saturated heterocycles. The fraction of sp³-hybridized carbons (Fsp3) is 0.167. The van der Waals surface area contributed by atoms with Crippen LogP contribution < -0.4 is 14.8 Å². The zero-order chi connectivity index (χ0) is 17.5. The van der Waals surface area contributed by atoms with Gasteiger partial charge in [-0.3, -0.25) is 4.79 Å². The number of nitrogens with one attached hydrogen (secondary N) is 1. The second kappa shape index (κ2) is 7.92. The van der Waals surface area contributed by atoms with Crippen LogP contribution in [0.3, 0.4) is 0 Å². The van der Waals surface area contributed by atoms with Gasteiger partial charge in [0, 0.05) is 6.92 Å². The Balaban J connectivity index is 1.94. The molecule has 0 aliphatic heterocycles. The van der Waals surface area contributed by atoms with E-state index in [2.05, 4.69) is 5.32 Å². The van der Waals surface area contributed by atoms with Gasteiger partial charge < -0.3 is 14.8 Å². The molecule has 1 amide bonds. The van der Waals surface area contributed by atoms with Gasteiger partial charge >= 0.3 is 11.9 Å². The maximum atomic E-state index is 11.9. The summed E-state index contributed by atoms with van der Waals surface area (Å²) in [6.45, 7) is 2.85. The number of ether oxygens (including phenoxy) is 2. The molecule has 124 valence electrons. The van der Waals surface area contributed by atoms with Gasteiger partial charge in [0.25, 0.3) is 0 Å². The third kappa shape index (κ3) is 4.95. The van der Waals surface area contributed by atoms with Crippen LogP contribution in [0.5, 0.6) is 11.5 Å². The minimum atomic E-state index is -0.752. The molecule has 6 nitrogen and oxygen atoms in total. The number of hydrogen-bond acceptors (Lipinski definition) is 5. The minimum absolute atomic E-state index is 0.289. The maximum Gasteiger partial charge on any atom is 0.343 e. The summed E-state index contributed by atoms with van der Waals surface area (Å²) >= 11 is 0. The molecule has 0 aliphatic rings. The van der Waals surface area contributed by atoms with E-state index in [1.165, 1.54) is 38.1 Å². The third-order valence-corrected chi connectivity index (χ3v) is 3.04. The number of carbonyl (C=O) groups is 3. The summed E-state index contributed by atoms with van der Waals surface area (Å²) in [5, 5.41) is 2.44. The second-order valence-corrected chi connectivity index (χ2v) is 5.07. The molecule has 1 N–H and O–H groups in total. The number of carbonyl (C=O) groups excluding carboxylic acids is 3. The standard InChI is InChI=1S/C18H17NO5/c1-12(19-13(2)20)17(21)23-15-8-10-16(11-9-15)24-18(22)14-6-4-3-5-7-14/h3-12H,1-2H3,(H,19,20)/t12-/m0/s1. The second-order valence-electron chi connectivity index (χ2n) is 5.07. The Bertz CT molecular complexity index is 725. The van der Waals surface area contributed by atoms with Crippen molar-refractivity contribution < 1.29 is 23.9 Å². The Morgan fingerprint density at radius 3 is 1.96 bits per heavy atom. The quantitative estimate of drug-likeness (QED) is 0.673. The number of hydrogen-bond donors (Lipinski definition) is 1. The largest absolute Gasteiger partial charge is 0.425 e. The van der Waals surface area contributed by atoms with E-state index in [9.17, 15) is 14.4 Å². The molecule has 2 aromatic carbocycles. The van der Waals surface area contributed by atoms with Crippen LogP contribution in [0.15, 0.2) is 54.6 Å². The van der Waals surface area contributed by atoms with Crippen LogP contribution in [0.4, 0.5) is 0 Å². The molecule has 1 atom stereocenters. The molecule has 0 spiro atoms. The van der Waals surface area contributed by atoms with Crippen molar-refractivity contribution in [1.82, 2.24) is 5.32 Å². The van der Waals surface area contributed by atoms with Crippen molar-refractivity contribution >= 4 is 17.8 Å². The molecular weight excluding hydrogens is 310 g/mol. The summed E-state index contributed by atoms with van der Waals surface area (Å²) in [5.74, 6) is -0.753. The smallest absolute Gasteiger partial charge is 0.343 e. The Morgan fingerprint density at radius 1 is 0.875 bits per heavy atom. The first kappa shape index (κ1) is 17.2. The van der Waals surface area contributed by atoms with Crippen molar-refractivity contribution in [2.45, 2.75) is 19.9 Å². The fourth-order valence-corrected chi connectivity index (χ4v) is 1.88. The highest BCUT2D eigenvalue weighted by atomic mass is 16.5. The summed E-state index contributed by atoms with van der Waals surface area (Å²) in [7, 11) is 0. The topological polar surface area (TPSA) is 81.7 Å². The lowest BCUT2D eigenvalue weighted by molar-refractivity contribution is -0.138. The minimum Gasteiger partial charge on any atom is -0.425 e. The van der Waals surface area contributed by atoms with E-state index >= 15 is 0 Å². The van der Waals surface area contributed by atoms with Crippen LogP contribution in [-0.2, 0) is 9.59 Å². The number of amides is 1. The van der Waals surface area contributed by atoms with Crippen LogP contribution >= 0.6 is 0 Å². The Hall–Kier alpha value is -3.15. The molecule has 0 radical (unpaired) electrons. The molecule has 2 aromatic rings. The van der Waals surface area contributed by atoms with Gasteiger partial charge in [-0.15, -0.1) is 0 Å². The molecule has 24 heavy (non-hydrogen) atoms. The van der Waals surface area contributed by atoms with E-state index in [1.54, 1.807) is 24.3 Å². The van der Waals surface area contributed by atoms with Gasteiger partial charge in [0.1, 0.15) is 17.5 Å². The normalized spacial score (nSPS) is 11.2. The predicted molar refractivity (Wildman–Crippen MR) is 86.8 cm³/mol. The molecule has 2 rings (SSSR count). The van der Waals surface area contributed by atoms with Crippen molar-refractivity contribution in [2.75, 3.05) is 0 Å². The first-order chi connectivity index (χ1) is 11.5. The first-order valence-electron chi connectivity index (χ1n) is 7.32. The zero-order valence-electron chi connectivity index (χ0n) is 13.3. The SMILES string of the molecule is CC(=O)N[C@@H](C)C(=O)Oc1ccc(OC(=O)c2ccccc2)cc1. The van der Waals surface area contributed by atoms with Gasteiger partial charge in [-0.1, -0.05) is 18.2 Å². The van der Waals surface area contributed by atoms with Crippen LogP contribution in [0, 0.1) is 0 Å². The highest BCUT2D eigenvalue weighted by Crippen LogP contribution is 2.19. The molecule has 0 unspecified atom stereocenters. The van der Waals surface area contributed by atoms with Crippen molar-refractivity contribution in [1.29, 1.82) is 0 Å². The van der Waals surface area contributed by atoms with Gasteiger partial charge in [0.2, 0.25) is 5.91 Å². The summed E-state index contributed by atoms with van der Waals surface area (Å²) < 4.78 is 10.4. The monoisotopic (exact) mass is 327 g/mol. The summed E-state index contributed by atoms with van der Waals surface area (Å²) in [4.78, 5) is 34.6. The number of benzene rings is 2. The summed E-state index contributed by atoms with van der Waals surface area (Å²) in [6.07, 6.45) is 0. The molecule has 0 fully saturated rings. The van der Waals surface area contributed by atoms with E-state index in [0.717, 1.165) is 0 Å². The lowest BCUT2D eigenvalue weighted by atomic mass is 10.2. The number of esters is 2. The number of rotatable bonds is 5. The lowest BCUT2D eigenvalue weighted by Crippen LogP contribution is -2.39. The van der Waals surface area contributed by atoms with E-state index in [-0.39, 0.29) is 11.7 Å². The van der Waals surface area contributed by atoms with Crippen molar-refractivity contribution in [3.8, 4) is 11.5 Å². The van der Waals surface area contributed by atoms with Crippen molar-refractivity contribution in [3.63, 3.8) is 0 Å². The van der Waals surface area contributed by atoms with E-state index in [4.69, 9.17) is 9.47 Å². The zero-order valence-corrected chi connectivity index (χ0v) is 13.3. The molecule has 0 aliphatic carbocycles. The first-order valence-corrected chi connectivity index (χ1v) is 7.32. The molecule has 0 bridgehead atoms. The van der Waals surface area contributed by atoms with E-state index < -0.39 is 18.0 Å². The molecule has 0 aromatic heterocycles. The van der Waals surface area contributed by atoms with Gasteiger partial charge in [-0.2, -0.15) is 0 Å². The van der Waals surface area contributed by atoms with E-state index in [0.29, 0.717) is 11.3 Å².